The first-order chi connectivity index (χ1) is 16.2. The van der Waals surface area contributed by atoms with Crippen molar-refractivity contribution in [2.45, 2.75) is 25.7 Å². The molecule has 33 heavy (non-hydrogen) atoms. The molecule has 4 rings (SSSR count). The van der Waals surface area contributed by atoms with Crippen molar-refractivity contribution in [2.75, 3.05) is 7.11 Å². The average molecular weight is 441 g/mol. The fourth-order valence-corrected chi connectivity index (χ4v) is 3.56. The molecule has 4 aromatic carbocycles. The fourth-order valence-electron chi connectivity index (χ4n) is 3.56. The second-order valence-electron chi connectivity index (χ2n) is 7.85. The van der Waals surface area contributed by atoms with Crippen LogP contribution in [0.25, 0.3) is 0 Å². The van der Waals surface area contributed by atoms with E-state index in [1.807, 2.05) is 103 Å². The van der Waals surface area contributed by atoms with Crippen molar-refractivity contribution in [2.24, 2.45) is 0 Å². The SMILES string of the molecule is COc1ccc([C@@H](O)Cc2cc(OCc3ccccc3)cc(OCc3ccccc3)c2)cc1. The molecular weight excluding hydrogens is 412 g/mol. The highest BCUT2D eigenvalue weighted by Gasteiger charge is 2.12. The monoisotopic (exact) mass is 440 g/mol. The Labute approximate surface area is 195 Å². The third-order valence-corrected chi connectivity index (χ3v) is 5.37. The first kappa shape index (κ1) is 22.4. The Morgan fingerprint density at radius 3 is 1.61 bits per heavy atom. The van der Waals surface area contributed by atoms with Crippen molar-refractivity contribution in [1.29, 1.82) is 0 Å². The van der Waals surface area contributed by atoms with Crippen LogP contribution < -0.4 is 14.2 Å². The molecule has 1 N–H and O–H groups in total. The lowest BCUT2D eigenvalue weighted by molar-refractivity contribution is 0.178. The van der Waals surface area contributed by atoms with Gasteiger partial charge in [0.1, 0.15) is 30.5 Å². The molecular formula is C29H28O4. The van der Waals surface area contributed by atoms with E-state index in [9.17, 15) is 5.11 Å². The maximum absolute atomic E-state index is 10.8. The van der Waals surface area contributed by atoms with E-state index < -0.39 is 6.10 Å². The maximum atomic E-state index is 10.8. The molecule has 0 saturated carbocycles. The highest BCUT2D eigenvalue weighted by atomic mass is 16.5. The number of methoxy groups -OCH3 is 1. The number of aliphatic hydroxyl groups is 1. The van der Waals surface area contributed by atoms with E-state index in [2.05, 4.69) is 0 Å². The summed E-state index contributed by atoms with van der Waals surface area (Å²) in [6.07, 6.45) is -0.210. The number of aliphatic hydroxyl groups excluding tert-OH is 1. The minimum absolute atomic E-state index is 0.441. The van der Waals surface area contributed by atoms with Crippen molar-refractivity contribution in [3.05, 3.63) is 125 Å². The van der Waals surface area contributed by atoms with Crippen LogP contribution in [0.1, 0.15) is 28.4 Å². The average Bonchev–Trinajstić information content (AvgIpc) is 2.87. The zero-order chi connectivity index (χ0) is 22.9. The molecule has 0 amide bonds. The topological polar surface area (TPSA) is 47.9 Å². The second kappa shape index (κ2) is 11.2. The summed E-state index contributed by atoms with van der Waals surface area (Å²) in [6.45, 7) is 0.924. The van der Waals surface area contributed by atoms with Crippen molar-refractivity contribution in [3.63, 3.8) is 0 Å². The Kier molecular flexibility index (Phi) is 7.62. The number of benzene rings is 4. The smallest absolute Gasteiger partial charge is 0.123 e. The van der Waals surface area contributed by atoms with Crippen LogP contribution in [0, 0.1) is 0 Å². The summed E-state index contributed by atoms with van der Waals surface area (Å²) in [6, 6.07) is 33.4. The Morgan fingerprint density at radius 2 is 1.12 bits per heavy atom. The molecule has 0 unspecified atom stereocenters. The summed E-state index contributed by atoms with van der Waals surface area (Å²) >= 11 is 0. The first-order valence-electron chi connectivity index (χ1n) is 11.0. The van der Waals surface area contributed by atoms with E-state index in [1.165, 1.54) is 0 Å². The van der Waals surface area contributed by atoms with Crippen LogP contribution in [0.4, 0.5) is 0 Å². The van der Waals surface area contributed by atoms with Crippen molar-refractivity contribution < 1.29 is 19.3 Å². The Hall–Kier alpha value is -3.76. The van der Waals surface area contributed by atoms with E-state index in [0.717, 1.165) is 28.0 Å². The molecule has 4 aromatic rings. The van der Waals surface area contributed by atoms with Gasteiger partial charge in [0, 0.05) is 12.5 Å². The molecule has 0 spiro atoms. The lowest BCUT2D eigenvalue weighted by Crippen LogP contribution is -2.04. The summed E-state index contributed by atoms with van der Waals surface area (Å²) in [5.41, 5.74) is 3.95. The second-order valence-corrected chi connectivity index (χ2v) is 7.85. The van der Waals surface area contributed by atoms with Gasteiger partial charge in [-0.15, -0.1) is 0 Å². The van der Waals surface area contributed by atoms with E-state index >= 15 is 0 Å². The van der Waals surface area contributed by atoms with Crippen LogP contribution in [0.2, 0.25) is 0 Å². The molecule has 0 aliphatic heterocycles. The molecule has 0 aromatic heterocycles. The normalized spacial score (nSPS) is 11.6. The van der Waals surface area contributed by atoms with Gasteiger partial charge in [-0.05, 0) is 46.5 Å². The fraction of sp³-hybridized carbons (Fsp3) is 0.172. The zero-order valence-electron chi connectivity index (χ0n) is 18.7. The van der Waals surface area contributed by atoms with Crippen molar-refractivity contribution in [3.8, 4) is 17.2 Å². The van der Waals surface area contributed by atoms with Crippen LogP contribution in [-0.4, -0.2) is 12.2 Å². The third-order valence-electron chi connectivity index (χ3n) is 5.37. The molecule has 168 valence electrons. The largest absolute Gasteiger partial charge is 0.497 e. The van der Waals surface area contributed by atoms with Crippen molar-refractivity contribution >= 4 is 0 Å². The predicted molar refractivity (Wildman–Crippen MR) is 130 cm³/mol. The first-order valence-corrected chi connectivity index (χ1v) is 11.0. The molecule has 0 fully saturated rings. The Balaban J connectivity index is 1.51. The lowest BCUT2D eigenvalue weighted by atomic mass is 10.0. The van der Waals surface area contributed by atoms with E-state index in [4.69, 9.17) is 14.2 Å². The highest BCUT2D eigenvalue weighted by molar-refractivity contribution is 5.40. The molecule has 0 radical (unpaired) electrons. The highest BCUT2D eigenvalue weighted by Crippen LogP contribution is 2.28. The van der Waals surface area contributed by atoms with Crippen LogP contribution in [0.15, 0.2) is 103 Å². The number of ether oxygens (including phenoxy) is 3. The van der Waals surface area contributed by atoms with Crippen molar-refractivity contribution in [1.82, 2.24) is 0 Å². The Morgan fingerprint density at radius 1 is 0.606 bits per heavy atom. The Bertz CT molecular complexity index is 1060. The maximum Gasteiger partial charge on any atom is 0.123 e. The van der Waals surface area contributed by atoms with Crippen LogP contribution in [0.5, 0.6) is 17.2 Å². The van der Waals surface area contributed by atoms with E-state index in [1.54, 1.807) is 7.11 Å². The van der Waals surface area contributed by atoms with Gasteiger partial charge < -0.3 is 19.3 Å². The molecule has 4 nitrogen and oxygen atoms in total. The van der Waals surface area contributed by atoms with Crippen LogP contribution >= 0.6 is 0 Å². The summed E-state index contributed by atoms with van der Waals surface area (Å²) in [7, 11) is 1.63. The van der Waals surface area contributed by atoms with Crippen LogP contribution in [-0.2, 0) is 19.6 Å². The van der Waals surface area contributed by atoms with Gasteiger partial charge in [0.25, 0.3) is 0 Å². The molecule has 0 bridgehead atoms. The molecule has 0 aliphatic rings. The standard InChI is InChI=1S/C29H28O4/c1-31-26-14-12-25(13-15-26)29(30)18-24-16-27(32-20-22-8-4-2-5-9-22)19-28(17-24)33-21-23-10-6-3-7-11-23/h2-17,19,29-30H,18,20-21H2,1H3/t29-/m0/s1. The minimum atomic E-state index is -0.651. The van der Waals surface area contributed by atoms with Gasteiger partial charge in [-0.25, -0.2) is 0 Å². The summed E-state index contributed by atoms with van der Waals surface area (Å²) < 4.78 is 17.3. The summed E-state index contributed by atoms with van der Waals surface area (Å²) in [5.74, 6) is 2.18. The molecule has 4 heteroatoms. The summed E-state index contributed by atoms with van der Waals surface area (Å²) in [5, 5.41) is 10.8. The number of hydrogen-bond donors (Lipinski definition) is 1. The molecule has 0 aliphatic carbocycles. The zero-order valence-corrected chi connectivity index (χ0v) is 18.7. The van der Waals surface area contributed by atoms with Gasteiger partial charge >= 0.3 is 0 Å². The van der Waals surface area contributed by atoms with Crippen LogP contribution in [0.3, 0.4) is 0 Å². The van der Waals surface area contributed by atoms with Gasteiger partial charge in [0.05, 0.1) is 13.2 Å². The van der Waals surface area contributed by atoms with Gasteiger partial charge in [0.15, 0.2) is 0 Å². The third kappa shape index (κ3) is 6.61. The minimum Gasteiger partial charge on any atom is -0.497 e. The summed E-state index contributed by atoms with van der Waals surface area (Å²) in [4.78, 5) is 0. The van der Waals surface area contributed by atoms with Gasteiger partial charge in [0.2, 0.25) is 0 Å². The predicted octanol–water partition coefficient (Wildman–Crippen LogP) is 6.13. The number of rotatable bonds is 10. The van der Waals surface area contributed by atoms with E-state index in [0.29, 0.717) is 31.1 Å². The quantitative estimate of drug-likeness (QED) is 0.322. The van der Waals surface area contributed by atoms with Gasteiger partial charge in [-0.2, -0.15) is 0 Å². The molecule has 0 heterocycles. The molecule has 1 atom stereocenters. The number of hydrogen-bond acceptors (Lipinski definition) is 4. The van der Waals surface area contributed by atoms with Gasteiger partial charge in [-0.1, -0.05) is 72.8 Å². The van der Waals surface area contributed by atoms with E-state index in [-0.39, 0.29) is 0 Å². The lowest BCUT2D eigenvalue weighted by Gasteiger charge is -2.15. The van der Waals surface area contributed by atoms with Gasteiger partial charge in [-0.3, -0.25) is 0 Å². The molecule has 0 saturated heterocycles.